The summed E-state index contributed by atoms with van der Waals surface area (Å²) in [6.45, 7) is 6.10. The van der Waals surface area contributed by atoms with Crippen LogP contribution in [0.5, 0.6) is 0 Å². The first-order chi connectivity index (χ1) is 8.29. The van der Waals surface area contributed by atoms with Gasteiger partial charge >= 0.3 is 5.97 Å². The van der Waals surface area contributed by atoms with Crippen molar-refractivity contribution < 1.29 is 14.3 Å². The van der Waals surface area contributed by atoms with Gasteiger partial charge in [0, 0.05) is 5.56 Å². The van der Waals surface area contributed by atoms with Crippen molar-refractivity contribution in [2.75, 3.05) is 12.4 Å². The molecule has 0 aliphatic rings. The highest BCUT2D eigenvalue weighted by molar-refractivity contribution is 9.09. The number of ketones is 1. The SMILES string of the molecule is COC(=O)c1cc(C(=O)CBr)cc(C(C)(C)C)c1. The molecule has 0 amide bonds. The third-order valence-corrected chi connectivity index (χ3v) is 3.17. The fourth-order valence-corrected chi connectivity index (χ4v) is 1.86. The number of methoxy groups -OCH3 is 1. The molecule has 1 rings (SSSR count). The molecular formula is C14H17BrO3. The Labute approximate surface area is 116 Å². The van der Waals surface area contributed by atoms with E-state index in [4.69, 9.17) is 4.74 Å². The van der Waals surface area contributed by atoms with E-state index in [1.54, 1.807) is 12.1 Å². The maximum absolute atomic E-state index is 11.8. The van der Waals surface area contributed by atoms with Crippen LogP contribution >= 0.6 is 15.9 Å². The first kappa shape index (κ1) is 14.9. The van der Waals surface area contributed by atoms with Gasteiger partial charge in [0.1, 0.15) is 0 Å². The van der Waals surface area contributed by atoms with Gasteiger partial charge in [0.05, 0.1) is 18.0 Å². The summed E-state index contributed by atoms with van der Waals surface area (Å²) in [4.78, 5) is 23.4. The van der Waals surface area contributed by atoms with Crippen LogP contribution in [-0.2, 0) is 10.2 Å². The minimum Gasteiger partial charge on any atom is -0.465 e. The molecule has 0 N–H and O–H groups in total. The molecule has 0 aliphatic heterocycles. The van der Waals surface area contributed by atoms with Gasteiger partial charge in [-0.2, -0.15) is 0 Å². The Morgan fingerprint density at radius 1 is 1.17 bits per heavy atom. The third-order valence-electron chi connectivity index (χ3n) is 2.66. The van der Waals surface area contributed by atoms with Gasteiger partial charge in [-0.15, -0.1) is 0 Å². The lowest BCUT2D eigenvalue weighted by atomic mass is 9.84. The number of ether oxygens (including phenoxy) is 1. The Bertz CT molecular complexity index is 438. The molecule has 0 radical (unpaired) electrons. The summed E-state index contributed by atoms with van der Waals surface area (Å²) in [5.74, 6) is -0.476. The minimum atomic E-state index is -0.426. The summed E-state index contributed by atoms with van der Waals surface area (Å²) in [6.07, 6.45) is 0. The number of hydrogen-bond acceptors (Lipinski definition) is 3. The summed E-state index contributed by atoms with van der Waals surface area (Å²) < 4.78 is 4.71. The van der Waals surface area contributed by atoms with Crippen LogP contribution < -0.4 is 0 Å². The van der Waals surface area contributed by atoms with E-state index in [0.29, 0.717) is 11.1 Å². The van der Waals surface area contributed by atoms with Gasteiger partial charge in [-0.25, -0.2) is 4.79 Å². The number of carbonyl (C=O) groups is 2. The fourth-order valence-electron chi connectivity index (χ4n) is 1.53. The quantitative estimate of drug-likeness (QED) is 0.488. The molecule has 18 heavy (non-hydrogen) atoms. The monoisotopic (exact) mass is 312 g/mol. The van der Waals surface area contributed by atoms with Crippen LogP contribution in [0, 0.1) is 0 Å². The molecule has 0 atom stereocenters. The van der Waals surface area contributed by atoms with Crippen LogP contribution in [0.2, 0.25) is 0 Å². The number of carbonyl (C=O) groups excluding carboxylic acids is 2. The van der Waals surface area contributed by atoms with E-state index < -0.39 is 5.97 Å². The predicted octanol–water partition coefficient (Wildman–Crippen LogP) is 3.35. The van der Waals surface area contributed by atoms with Gasteiger partial charge in [-0.1, -0.05) is 36.7 Å². The van der Waals surface area contributed by atoms with E-state index in [-0.39, 0.29) is 16.5 Å². The van der Waals surface area contributed by atoms with Crippen molar-refractivity contribution in [2.45, 2.75) is 26.2 Å². The molecule has 0 aromatic heterocycles. The number of alkyl halides is 1. The van der Waals surface area contributed by atoms with E-state index in [9.17, 15) is 9.59 Å². The van der Waals surface area contributed by atoms with Crippen molar-refractivity contribution in [2.24, 2.45) is 0 Å². The standard InChI is InChI=1S/C14H17BrO3/c1-14(2,3)11-6-9(12(16)8-15)5-10(7-11)13(17)18-4/h5-7H,8H2,1-4H3. The van der Waals surface area contributed by atoms with Crippen molar-refractivity contribution in [1.29, 1.82) is 0 Å². The van der Waals surface area contributed by atoms with Crippen LogP contribution in [0.25, 0.3) is 0 Å². The topological polar surface area (TPSA) is 43.4 Å². The Kier molecular flexibility index (Phi) is 4.68. The summed E-state index contributed by atoms with van der Waals surface area (Å²) in [5, 5.41) is 0.237. The van der Waals surface area contributed by atoms with E-state index in [2.05, 4.69) is 15.9 Å². The molecule has 0 unspecified atom stereocenters. The molecular weight excluding hydrogens is 296 g/mol. The molecule has 1 aromatic rings. The zero-order valence-corrected chi connectivity index (χ0v) is 12.6. The molecule has 0 saturated carbocycles. The molecule has 0 fully saturated rings. The smallest absolute Gasteiger partial charge is 0.337 e. The van der Waals surface area contributed by atoms with E-state index in [0.717, 1.165) is 5.56 Å². The van der Waals surface area contributed by atoms with E-state index in [1.165, 1.54) is 7.11 Å². The van der Waals surface area contributed by atoms with Gasteiger partial charge in [0.2, 0.25) is 0 Å². The van der Waals surface area contributed by atoms with E-state index >= 15 is 0 Å². The van der Waals surface area contributed by atoms with Gasteiger partial charge in [-0.05, 0) is 29.2 Å². The Hall–Kier alpha value is -1.16. The Morgan fingerprint density at radius 2 is 1.72 bits per heavy atom. The number of hydrogen-bond donors (Lipinski definition) is 0. The second-order valence-corrected chi connectivity index (χ2v) is 5.66. The zero-order chi connectivity index (χ0) is 13.9. The normalized spacial score (nSPS) is 11.2. The van der Waals surface area contributed by atoms with Crippen molar-refractivity contribution >= 4 is 27.7 Å². The van der Waals surface area contributed by atoms with Gasteiger partial charge in [-0.3, -0.25) is 4.79 Å². The zero-order valence-electron chi connectivity index (χ0n) is 11.0. The fraction of sp³-hybridized carbons (Fsp3) is 0.429. The molecule has 1 aromatic carbocycles. The maximum Gasteiger partial charge on any atom is 0.337 e. The highest BCUT2D eigenvalue weighted by atomic mass is 79.9. The summed E-state index contributed by atoms with van der Waals surface area (Å²) in [5.41, 5.74) is 1.74. The van der Waals surface area contributed by atoms with Crippen LogP contribution in [0.1, 0.15) is 47.1 Å². The first-order valence-electron chi connectivity index (χ1n) is 5.62. The average molecular weight is 313 g/mol. The van der Waals surface area contributed by atoms with Crippen molar-refractivity contribution in [1.82, 2.24) is 0 Å². The highest BCUT2D eigenvalue weighted by Crippen LogP contribution is 2.25. The number of esters is 1. The lowest BCUT2D eigenvalue weighted by Crippen LogP contribution is -2.15. The molecule has 0 bridgehead atoms. The molecule has 98 valence electrons. The first-order valence-corrected chi connectivity index (χ1v) is 6.74. The highest BCUT2D eigenvalue weighted by Gasteiger charge is 2.19. The van der Waals surface area contributed by atoms with Crippen LogP contribution in [0.4, 0.5) is 0 Å². The number of Topliss-reactive ketones (excluding diaryl/α,β-unsaturated/α-hetero) is 1. The average Bonchev–Trinajstić information content (AvgIpc) is 2.35. The molecule has 0 aliphatic carbocycles. The Balaban J connectivity index is 3.38. The minimum absolute atomic E-state index is 0.0498. The maximum atomic E-state index is 11.8. The molecule has 0 spiro atoms. The van der Waals surface area contributed by atoms with Crippen molar-refractivity contribution in [3.63, 3.8) is 0 Å². The lowest BCUT2D eigenvalue weighted by molar-refractivity contribution is 0.0600. The number of benzene rings is 1. The van der Waals surface area contributed by atoms with Crippen molar-refractivity contribution in [3.8, 4) is 0 Å². The van der Waals surface area contributed by atoms with Crippen LogP contribution in [0.15, 0.2) is 18.2 Å². The van der Waals surface area contributed by atoms with E-state index in [1.807, 2.05) is 26.8 Å². The lowest BCUT2D eigenvalue weighted by Gasteiger charge is -2.20. The van der Waals surface area contributed by atoms with Crippen molar-refractivity contribution in [3.05, 3.63) is 34.9 Å². The molecule has 4 heteroatoms. The molecule has 0 heterocycles. The van der Waals surface area contributed by atoms with Crippen LogP contribution in [-0.4, -0.2) is 24.2 Å². The Morgan fingerprint density at radius 3 is 2.17 bits per heavy atom. The van der Waals surface area contributed by atoms with Gasteiger partial charge in [0.15, 0.2) is 5.78 Å². The second kappa shape index (κ2) is 5.65. The second-order valence-electron chi connectivity index (χ2n) is 5.10. The summed E-state index contributed by atoms with van der Waals surface area (Å²) >= 11 is 3.14. The largest absolute Gasteiger partial charge is 0.465 e. The predicted molar refractivity (Wildman–Crippen MR) is 74.6 cm³/mol. The van der Waals surface area contributed by atoms with Gasteiger partial charge < -0.3 is 4.74 Å². The third kappa shape index (κ3) is 3.42. The van der Waals surface area contributed by atoms with Gasteiger partial charge in [0.25, 0.3) is 0 Å². The molecule has 3 nitrogen and oxygen atoms in total. The number of halogens is 1. The van der Waals surface area contributed by atoms with Crippen LogP contribution in [0.3, 0.4) is 0 Å². The summed E-state index contributed by atoms with van der Waals surface area (Å²) in [7, 11) is 1.33. The number of rotatable bonds is 3. The summed E-state index contributed by atoms with van der Waals surface area (Å²) in [6, 6.07) is 5.18. The molecule has 0 saturated heterocycles.